The molecular formula is C15H19N3. The summed E-state index contributed by atoms with van der Waals surface area (Å²) in [7, 11) is 0. The lowest BCUT2D eigenvalue weighted by molar-refractivity contribution is 0.867. The van der Waals surface area contributed by atoms with Crippen LogP contribution in [0.4, 0.5) is 17.2 Å². The third kappa shape index (κ3) is 2.80. The van der Waals surface area contributed by atoms with Crippen LogP contribution in [-0.2, 0) is 0 Å². The molecule has 0 aliphatic carbocycles. The number of pyridine rings is 1. The molecule has 0 amide bonds. The highest BCUT2D eigenvalue weighted by Crippen LogP contribution is 2.21. The van der Waals surface area contributed by atoms with Gasteiger partial charge in [0.15, 0.2) is 0 Å². The zero-order valence-corrected chi connectivity index (χ0v) is 11.1. The van der Waals surface area contributed by atoms with Crippen molar-refractivity contribution < 1.29 is 0 Å². The smallest absolute Gasteiger partial charge is 0.132 e. The number of nitrogen functional groups attached to an aromatic ring is 1. The highest BCUT2D eigenvalue weighted by molar-refractivity contribution is 5.61. The Hall–Kier alpha value is -2.03. The minimum Gasteiger partial charge on any atom is -0.398 e. The number of hydrogen-bond acceptors (Lipinski definition) is 3. The maximum Gasteiger partial charge on any atom is 0.132 e. The van der Waals surface area contributed by atoms with E-state index in [-0.39, 0.29) is 0 Å². The van der Waals surface area contributed by atoms with Gasteiger partial charge in [-0.15, -0.1) is 0 Å². The summed E-state index contributed by atoms with van der Waals surface area (Å²) in [5.74, 6) is 1.32. The Morgan fingerprint density at radius 1 is 1.17 bits per heavy atom. The molecule has 3 heteroatoms. The minimum atomic E-state index is 0.548. The van der Waals surface area contributed by atoms with Crippen LogP contribution in [0.2, 0.25) is 0 Å². The number of nitrogens with one attached hydrogen (secondary N) is 1. The van der Waals surface area contributed by atoms with Crippen LogP contribution in [0, 0.1) is 6.92 Å². The van der Waals surface area contributed by atoms with Gasteiger partial charge < -0.3 is 11.1 Å². The van der Waals surface area contributed by atoms with E-state index in [1.807, 2.05) is 13.0 Å². The van der Waals surface area contributed by atoms with Crippen molar-refractivity contribution in [1.29, 1.82) is 0 Å². The van der Waals surface area contributed by atoms with Gasteiger partial charge in [-0.1, -0.05) is 26.0 Å². The van der Waals surface area contributed by atoms with Crippen molar-refractivity contribution in [2.45, 2.75) is 26.7 Å². The van der Waals surface area contributed by atoms with Crippen molar-refractivity contribution in [3.8, 4) is 0 Å². The van der Waals surface area contributed by atoms with Gasteiger partial charge in [-0.3, -0.25) is 0 Å². The van der Waals surface area contributed by atoms with E-state index >= 15 is 0 Å². The number of anilines is 3. The summed E-state index contributed by atoms with van der Waals surface area (Å²) in [6.07, 6.45) is 1.78. The number of nitrogens with two attached hydrogens (primary N) is 1. The Morgan fingerprint density at radius 3 is 2.39 bits per heavy atom. The number of hydrogen-bond donors (Lipinski definition) is 2. The Bertz CT molecular complexity index is 530. The molecule has 1 aromatic carbocycles. The molecule has 0 fully saturated rings. The summed E-state index contributed by atoms with van der Waals surface area (Å²) in [6.45, 7) is 6.32. The molecule has 0 radical (unpaired) electrons. The van der Waals surface area contributed by atoms with E-state index in [1.165, 1.54) is 5.56 Å². The second kappa shape index (κ2) is 5.08. The fourth-order valence-corrected chi connectivity index (χ4v) is 1.71. The highest BCUT2D eigenvalue weighted by atomic mass is 15.0. The van der Waals surface area contributed by atoms with E-state index in [0.717, 1.165) is 22.8 Å². The van der Waals surface area contributed by atoms with E-state index in [0.29, 0.717) is 5.92 Å². The van der Waals surface area contributed by atoms with Gasteiger partial charge in [0.1, 0.15) is 5.82 Å². The second-order valence-corrected chi connectivity index (χ2v) is 4.83. The molecule has 0 saturated heterocycles. The molecule has 0 aliphatic rings. The highest BCUT2D eigenvalue weighted by Gasteiger charge is 2.01. The molecule has 0 unspecified atom stereocenters. The van der Waals surface area contributed by atoms with Gasteiger partial charge in [-0.25, -0.2) is 4.98 Å². The van der Waals surface area contributed by atoms with Crippen LogP contribution in [0.5, 0.6) is 0 Å². The first-order valence-corrected chi connectivity index (χ1v) is 6.15. The quantitative estimate of drug-likeness (QED) is 0.858. The van der Waals surface area contributed by atoms with Gasteiger partial charge in [0.25, 0.3) is 0 Å². The van der Waals surface area contributed by atoms with Crippen LogP contribution in [0.25, 0.3) is 0 Å². The normalized spacial score (nSPS) is 10.7. The maximum absolute atomic E-state index is 5.86. The topological polar surface area (TPSA) is 50.9 Å². The predicted molar refractivity (Wildman–Crippen MR) is 77.2 cm³/mol. The molecule has 0 bridgehead atoms. The summed E-state index contributed by atoms with van der Waals surface area (Å²) < 4.78 is 0. The van der Waals surface area contributed by atoms with Crippen LogP contribution >= 0.6 is 0 Å². The number of benzene rings is 1. The lowest BCUT2D eigenvalue weighted by Crippen LogP contribution is -1.97. The van der Waals surface area contributed by atoms with E-state index in [4.69, 9.17) is 5.73 Å². The SMILES string of the molecule is Cc1cnc(Nc2ccc(C(C)C)cc2)cc1N. The monoisotopic (exact) mass is 241 g/mol. The third-order valence-corrected chi connectivity index (χ3v) is 2.99. The molecule has 0 saturated carbocycles. The maximum atomic E-state index is 5.86. The van der Waals surface area contributed by atoms with Crippen molar-refractivity contribution in [1.82, 2.24) is 4.98 Å². The van der Waals surface area contributed by atoms with Crippen molar-refractivity contribution in [3.63, 3.8) is 0 Å². The average Bonchev–Trinajstić information content (AvgIpc) is 2.34. The molecular weight excluding hydrogens is 222 g/mol. The molecule has 0 spiro atoms. The number of aryl methyl sites for hydroxylation is 1. The fraction of sp³-hybridized carbons (Fsp3) is 0.267. The Kier molecular flexibility index (Phi) is 3.51. The summed E-state index contributed by atoms with van der Waals surface area (Å²) in [4.78, 5) is 4.30. The van der Waals surface area contributed by atoms with E-state index < -0.39 is 0 Å². The van der Waals surface area contributed by atoms with Crippen LogP contribution in [0.1, 0.15) is 30.9 Å². The van der Waals surface area contributed by atoms with Crippen LogP contribution < -0.4 is 11.1 Å². The number of nitrogens with zero attached hydrogens (tertiary/aromatic N) is 1. The van der Waals surface area contributed by atoms with Crippen molar-refractivity contribution in [2.75, 3.05) is 11.1 Å². The van der Waals surface area contributed by atoms with Gasteiger partial charge in [-0.05, 0) is 36.1 Å². The summed E-state index contributed by atoms with van der Waals surface area (Å²) in [6, 6.07) is 10.2. The third-order valence-electron chi connectivity index (χ3n) is 2.99. The first kappa shape index (κ1) is 12.4. The Labute approximate surface area is 108 Å². The first-order valence-electron chi connectivity index (χ1n) is 6.15. The zero-order chi connectivity index (χ0) is 13.1. The first-order chi connectivity index (χ1) is 8.56. The van der Waals surface area contributed by atoms with E-state index in [2.05, 4.69) is 48.4 Å². The largest absolute Gasteiger partial charge is 0.398 e. The van der Waals surface area contributed by atoms with Gasteiger partial charge in [0.2, 0.25) is 0 Å². The van der Waals surface area contributed by atoms with Gasteiger partial charge >= 0.3 is 0 Å². The van der Waals surface area contributed by atoms with Crippen LogP contribution in [-0.4, -0.2) is 4.98 Å². The van der Waals surface area contributed by atoms with E-state index in [9.17, 15) is 0 Å². The van der Waals surface area contributed by atoms with Gasteiger partial charge in [0.05, 0.1) is 0 Å². The van der Waals surface area contributed by atoms with Crippen molar-refractivity contribution in [3.05, 3.63) is 47.7 Å². The molecule has 2 rings (SSSR count). The van der Waals surface area contributed by atoms with Gasteiger partial charge in [0, 0.05) is 23.6 Å². The minimum absolute atomic E-state index is 0.548. The van der Waals surface area contributed by atoms with Crippen molar-refractivity contribution in [2.24, 2.45) is 0 Å². The number of aromatic nitrogens is 1. The van der Waals surface area contributed by atoms with E-state index in [1.54, 1.807) is 6.20 Å². The fourth-order valence-electron chi connectivity index (χ4n) is 1.71. The molecule has 0 aliphatic heterocycles. The Balaban J connectivity index is 2.15. The zero-order valence-electron chi connectivity index (χ0n) is 11.1. The van der Waals surface area contributed by atoms with Crippen molar-refractivity contribution >= 4 is 17.2 Å². The molecule has 94 valence electrons. The Morgan fingerprint density at radius 2 is 1.83 bits per heavy atom. The van der Waals surface area contributed by atoms with Crippen LogP contribution in [0.15, 0.2) is 36.5 Å². The average molecular weight is 241 g/mol. The number of rotatable bonds is 3. The predicted octanol–water partition coefficient (Wildman–Crippen LogP) is 3.84. The molecule has 1 aromatic heterocycles. The molecule has 3 nitrogen and oxygen atoms in total. The standard InChI is InChI=1S/C15H19N3/c1-10(2)12-4-6-13(7-5-12)18-15-8-14(16)11(3)9-17-15/h4-10H,1-3H3,(H3,16,17,18). The van der Waals surface area contributed by atoms with Gasteiger partial charge in [-0.2, -0.15) is 0 Å². The molecule has 1 heterocycles. The molecule has 2 aromatic rings. The summed E-state index contributed by atoms with van der Waals surface area (Å²) >= 11 is 0. The summed E-state index contributed by atoms with van der Waals surface area (Å²) in [5, 5.41) is 3.25. The molecule has 3 N–H and O–H groups in total. The summed E-state index contributed by atoms with van der Waals surface area (Å²) in [5.41, 5.74) is 9.96. The molecule has 0 atom stereocenters. The lowest BCUT2D eigenvalue weighted by atomic mass is 10.0. The van der Waals surface area contributed by atoms with Crippen LogP contribution in [0.3, 0.4) is 0 Å². The lowest BCUT2D eigenvalue weighted by Gasteiger charge is -2.09. The second-order valence-electron chi connectivity index (χ2n) is 4.83. The molecule has 18 heavy (non-hydrogen) atoms.